The van der Waals surface area contributed by atoms with Gasteiger partial charge in [-0.15, -0.1) is 5.10 Å². The number of halogens is 1. The number of pyridine rings is 1. The fraction of sp³-hybridized carbons (Fsp3) is 0.227. The SMILES string of the molecule is C=C(Nc1cccnn1)N1CCCN(CC)c2ccc(-c3cccc(F)c3)nc21. The van der Waals surface area contributed by atoms with Crippen LogP contribution in [-0.2, 0) is 0 Å². The number of aromatic nitrogens is 3. The number of nitrogens with one attached hydrogen (secondary N) is 1. The number of hydrogen-bond donors (Lipinski definition) is 1. The van der Waals surface area contributed by atoms with Gasteiger partial charge in [0, 0.05) is 31.4 Å². The maximum Gasteiger partial charge on any atom is 0.158 e. The minimum Gasteiger partial charge on any atom is -0.369 e. The Kier molecular flexibility index (Phi) is 5.37. The Hall–Kier alpha value is -3.48. The van der Waals surface area contributed by atoms with Crippen LogP contribution in [0.25, 0.3) is 11.3 Å². The van der Waals surface area contributed by atoms with Crippen LogP contribution >= 0.6 is 0 Å². The Morgan fingerprint density at radius 3 is 2.83 bits per heavy atom. The third-order valence-electron chi connectivity index (χ3n) is 4.93. The molecule has 0 spiro atoms. The third kappa shape index (κ3) is 4.03. The van der Waals surface area contributed by atoms with E-state index in [1.54, 1.807) is 12.3 Å². The first-order valence-corrected chi connectivity index (χ1v) is 9.69. The summed E-state index contributed by atoms with van der Waals surface area (Å²) in [6.45, 7) is 8.91. The van der Waals surface area contributed by atoms with Gasteiger partial charge in [0.2, 0.25) is 0 Å². The zero-order valence-electron chi connectivity index (χ0n) is 16.3. The fourth-order valence-electron chi connectivity index (χ4n) is 3.52. The lowest BCUT2D eigenvalue weighted by Crippen LogP contribution is -2.28. The fourth-order valence-corrected chi connectivity index (χ4v) is 3.52. The standard InChI is InChI=1S/C22H23FN6/c1-3-28-13-6-14-29(16(2)25-21-9-5-12-24-27-21)22-20(28)11-10-19(26-22)17-7-4-8-18(23)15-17/h4-5,7-12,15H,2-3,6,13-14H2,1H3,(H,25,27). The highest BCUT2D eigenvalue weighted by atomic mass is 19.1. The van der Waals surface area contributed by atoms with Crippen LogP contribution in [0.15, 0.2) is 67.1 Å². The largest absolute Gasteiger partial charge is 0.369 e. The highest BCUT2D eigenvalue weighted by Gasteiger charge is 2.24. The highest BCUT2D eigenvalue weighted by Crippen LogP contribution is 2.35. The van der Waals surface area contributed by atoms with Crippen molar-refractivity contribution >= 4 is 17.3 Å². The minimum atomic E-state index is -0.278. The van der Waals surface area contributed by atoms with Gasteiger partial charge in [0.1, 0.15) is 11.6 Å². The number of hydrogen-bond acceptors (Lipinski definition) is 6. The summed E-state index contributed by atoms with van der Waals surface area (Å²) in [5.41, 5.74) is 2.50. The molecule has 0 saturated heterocycles. The van der Waals surface area contributed by atoms with Gasteiger partial charge in [-0.25, -0.2) is 9.37 Å². The number of fused-ring (bicyclic) bond motifs is 1. The highest BCUT2D eigenvalue weighted by molar-refractivity contribution is 5.75. The zero-order valence-corrected chi connectivity index (χ0v) is 16.3. The van der Waals surface area contributed by atoms with Crippen LogP contribution in [0.5, 0.6) is 0 Å². The molecule has 4 rings (SSSR count). The second-order valence-corrected chi connectivity index (χ2v) is 6.82. The summed E-state index contributed by atoms with van der Waals surface area (Å²) in [5.74, 6) is 1.82. The summed E-state index contributed by atoms with van der Waals surface area (Å²) in [5, 5.41) is 11.2. The van der Waals surface area contributed by atoms with Crippen molar-refractivity contribution in [2.45, 2.75) is 13.3 Å². The molecule has 0 amide bonds. The summed E-state index contributed by atoms with van der Waals surface area (Å²) < 4.78 is 13.7. The first-order valence-electron chi connectivity index (χ1n) is 9.69. The molecule has 1 aliphatic heterocycles. The summed E-state index contributed by atoms with van der Waals surface area (Å²) in [7, 11) is 0. The molecule has 2 aromatic heterocycles. The predicted molar refractivity (Wildman–Crippen MR) is 114 cm³/mol. The van der Waals surface area contributed by atoms with E-state index >= 15 is 0 Å². The Morgan fingerprint density at radius 1 is 1.17 bits per heavy atom. The van der Waals surface area contributed by atoms with Crippen molar-refractivity contribution in [1.82, 2.24) is 15.2 Å². The summed E-state index contributed by atoms with van der Waals surface area (Å²) in [6.07, 6.45) is 2.59. The molecule has 3 aromatic rings. The molecule has 0 atom stereocenters. The zero-order chi connectivity index (χ0) is 20.2. The minimum absolute atomic E-state index is 0.278. The van der Waals surface area contributed by atoms with Gasteiger partial charge in [-0.2, -0.15) is 5.10 Å². The van der Waals surface area contributed by atoms with Crippen molar-refractivity contribution in [1.29, 1.82) is 0 Å². The lowest BCUT2D eigenvalue weighted by molar-refractivity contribution is 0.628. The number of benzene rings is 1. The molecule has 0 bridgehead atoms. The van der Waals surface area contributed by atoms with Gasteiger partial charge in [0.05, 0.1) is 11.4 Å². The molecule has 7 heteroatoms. The third-order valence-corrected chi connectivity index (χ3v) is 4.93. The van der Waals surface area contributed by atoms with Crippen LogP contribution in [0.4, 0.5) is 21.7 Å². The van der Waals surface area contributed by atoms with E-state index < -0.39 is 0 Å². The summed E-state index contributed by atoms with van der Waals surface area (Å²) >= 11 is 0. The van der Waals surface area contributed by atoms with Crippen LogP contribution in [-0.4, -0.2) is 34.8 Å². The average Bonchev–Trinajstić information content (AvgIpc) is 2.93. The monoisotopic (exact) mass is 390 g/mol. The lowest BCUT2D eigenvalue weighted by atomic mass is 10.1. The van der Waals surface area contributed by atoms with Crippen molar-refractivity contribution in [3.05, 3.63) is 72.9 Å². The molecule has 0 radical (unpaired) electrons. The second-order valence-electron chi connectivity index (χ2n) is 6.82. The average molecular weight is 390 g/mol. The molecule has 0 saturated carbocycles. The molecule has 6 nitrogen and oxygen atoms in total. The molecule has 3 heterocycles. The van der Waals surface area contributed by atoms with Gasteiger partial charge in [-0.3, -0.25) is 0 Å². The van der Waals surface area contributed by atoms with Gasteiger partial charge >= 0.3 is 0 Å². The van der Waals surface area contributed by atoms with Crippen molar-refractivity contribution in [3.63, 3.8) is 0 Å². The molecular weight excluding hydrogens is 367 g/mol. The van der Waals surface area contributed by atoms with Gasteiger partial charge in [0.15, 0.2) is 11.6 Å². The first kappa shape index (κ1) is 18.9. The molecule has 148 valence electrons. The quantitative estimate of drug-likeness (QED) is 0.701. The maximum absolute atomic E-state index is 13.7. The van der Waals surface area contributed by atoms with Crippen LogP contribution < -0.4 is 15.1 Å². The number of nitrogens with zero attached hydrogens (tertiary/aromatic N) is 5. The Labute approximate surface area is 169 Å². The first-order chi connectivity index (χ1) is 14.2. The van der Waals surface area contributed by atoms with Crippen LogP contribution in [0, 0.1) is 5.82 Å². The van der Waals surface area contributed by atoms with Crippen molar-refractivity contribution in [2.75, 3.05) is 34.8 Å². The second kappa shape index (κ2) is 8.26. The normalized spacial score (nSPS) is 13.6. The van der Waals surface area contributed by atoms with Crippen LogP contribution in [0.1, 0.15) is 13.3 Å². The molecule has 0 aliphatic carbocycles. The van der Waals surface area contributed by atoms with Crippen molar-refractivity contribution in [3.8, 4) is 11.3 Å². The van der Waals surface area contributed by atoms with E-state index in [0.29, 0.717) is 11.6 Å². The number of rotatable bonds is 5. The van der Waals surface area contributed by atoms with E-state index in [1.165, 1.54) is 12.1 Å². The summed E-state index contributed by atoms with van der Waals surface area (Å²) in [6, 6.07) is 14.2. The lowest BCUT2D eigenvalue weighted by Gasteiger charge is -2.28. The maximum atomic E-state index is 13.7. The van der Waals surface area contributed by atoms with E-state index in [-0.39, 0.29) is 5.82 Å². The van der Waals surface area contributed by atoms with Crippen molar-refractivity contribution in [2.24, 2.45) is 0 Å². The van der Waals surface area contributed by atoms with Crippen LogP contribution in [0.3, 0.4) is 0 Å². The van der Waals surface area contributed by atoms with E-state index in [1.807, 2.05) is 24.3 Å². The van der Waals surface area contributed by atoms with Gasteiger partial charge in [0.25, 0.3) is 0 Å². The van der Waals surface area contributed by atoms with Gasteiger partial charge < -0.3 is 15.1 Å². The molecule has 0 fully saturated rings. The topological polar surface area (TPSA) is 57.2 Å². The number of anilines is 3. The van der Waals surface area contributed by atoms with Crippen molar-refractivity contribution < 1.29 is 4.39 Å². The molecule has 29 heavy (non-hydrogen) atoms. The van der Waals surface area contributed by atoms with E-state index in [9.17, 15) is 4.39 Å². The van der Waals surface area contributed by atoms with E-state index in [4.69, 9.17) is 4.98 Å². The smallest absolute Gasteiger partial charge is 0.158 e. The molecule has 1 N–H and O–H groups in total. The van der Waals surface area contributed by atoms with Crippen LogP contribution in [0.2, 0.25) is 0 Å². The predicted octanol–water partition coefficient (Wildman–Crippen LogP) is 4.30. The molecule has 1 aromatic carbocycles. The summed E-state index contributed by atoms with van der Waals surface area (Å²) in [4.78, 5) is 9.26. The van der Waals surface area contributed by atoms with Gasteiger partial charge in [-0.05, 0) is 49.7 Å². The molecule has 1 aliphatic rings. The molecular formula is C22H23FN6. The Morgan fingerprint density at radius 2 is 2.07 bits per heavy atom. The van der Waals surface area contributed by atoms with Gasteiger partial charge in [-0.1, -0.05) is 18.7 Å². The molecule has 0 unspecified atom stereocenters. The Bertz CT molecular complexity index is 1010. The van der Waals surface area contributed by atoms with E-state index in [2.05, 4.69) is 44.9 Å². The Balaban J connectivity index is 1.74. The van der Waals surface area contributed by atoms with E-state index in [0.717, 1.165) is 48.8 Å².